The molecule has 0 spiro atoms. The van der Waals surface area contributed by atoms with Gasteiger partial charge < -0.3 is 10.1 Å². The largest absolute Gasteiger partial charge is 0.381 e. The molecule has 100 valence electrons. The highest BCUT2D eigenvalue weighted by Gasteiger charge is 2.19. The maximum Gasteiger partial charge on any atom is 0.0468 e. The minimum absolute atomic E-state index is 0.957. The van der Waals surface area contributed by atoms with Gasteiger partial charge in [0.25, 0.3) is 0 Å². The Morgan fingerprint density at radius 3 is 2.18 bits per heavy atom. The van der Waals surface area contributed by atoms with Crippen molar-refractivity contribution < 1.29 is 4.74 Å². The molecule has 0 aromatic carbocycles. The molecule has 1 saturated heterocycles. The van der Waals surface area contributed by atoms with Gasteiger partial charge in [-0.05, 0) is 57.0 Å². The van der Waals surface area contributed by atoms with Gasteiger partial charge in [0, 0.05) is 13.2 Å². The topological polar surface area (TPSA) is 21.3 Å². The van der Waals surface area contributed by atoms with Crippen LogP contribution >= 0.6 is 0 Å². The quantitative estimate of drug-likeness (QED) is 0.623. The molecule has 0 atom stereocenters. The van der Waals surface area contributed by atoms with E-state index >= 15 is 0 Å². The normalized spacial score (nSPS) is 21.9. The van der Waals surface area contributed by atoms with Gasteiger partial charge in [0.1, 0.15) is 0 Å². The van der Waals surface area contributed by atoms with Gasteiger partial charge in [-0.15, -0.1) is 0 Å². The lowest BCUT2D eigenvalue weighted by atomic mass is 9.94. The fourth-order valence-corrected chi connectivity index (χ4v) is 2.77. The third-order valence-electron chi connectivity index (χ3n) is 4.22. The smallest absolute Gasteiger partial charge is 0.0468 e. The average Bonchev–Trinajstić information content (AvgIpc) is 3.18. The standard InChI is InChI=1S/C15H29NO/c1(4-15-8-12-17-13-9-15)2-10-16-11-3-5-14-6-7-14/h14-16H,1-13H2. The Bertz CT molecular complexity index is 185. The maximum atomic E-state index is 5.38. The van der Waals surface area contributed by atoms with Crippen LogP contribution in [-0.4, -0.2) is 26.3 Å². The first-order chi connectivity index (χ1) is 8.45. The SMILES string of the molecule is C(CCC1CCOCC1)CNCCCC1CC1. The van der Waals surface area contributed by atoms with Crippen LogP contribution in [0.25, 0.3) is 0 Å². The summed E-state index contributed by atoms with van der Waals surface area (Å²) in [5.74, 6) is 2.06. The molecule has 0 unspecified atom stereocenters. The fraction of sp³-hybridized carbons (Fsp3) is 1.00. The Morgan fingerprint density at radius 2 is 1.41 bits per heavy atom. The number of ether oxygens (including phenoxy) is 1. The van der Waals surface area contributed by atoms with E-state index in [0.29, 0.717) is 0 Å². The van der Waals surface area contributed by atoms with E-state index in [4.69, 9.17) is 4.74 Å². The van der Waals surface area contributed by atoms with Crippen molar-refractivity contribution in [2.45, 2.75) is 57.8 Å². The van der Waals surface area contributed by atoms with Crippen molar-refractivity contribution in [3.8, 4) is 0 Å². The van der Waals surface area contributed by atoms with E-state index in [9.17, 15) is 0 Å². The lowest BCUT2D eigenvalue weighted by molar-refractivity contribution is 0.0632. The third-order valence-corrected chi connectivity index (χ3v) is 4.22. The Balaban J connectivity index is 1.31. The molecular weight excluding hydrogens is 210 g/mol. The Morgan fingerprint density at radius 1 is 0.765 bits per heavy atom. The Hall–Kier alpha value is -0.0800. The summed E-state index contributed by atoms with van der Waals surface area (Å²) in [5.41, 5.74) is 0. The highest BCUT2D eigenvalue weighted by molar-refractivity contribution is 4.72. The van der Waals surface area contributed by atoms with Crippen molar-refractivity contribution in [2.24, 2.45) is 11.8 Å². The number of rotatable bonds is 9. The second-order valence-corrected chi connectivity index (χ2v) is 5.89. The summed E-state index contributed by atoms with van der Waals surface area (Å²) in [5, 5.41) is 3.58. The molecule has 2 aliphatic rings. The summed E-state index contributed by atoms with van der Waals surface area (Å²) in [6.45, 7) is 4.48. The van der Waals surface area contributed by atoms with Gasteiger partial charge in [-0.3, -0.25) is 0 Å². The van der Waals surface area contributed by atoms with Crippen molar-refractivity contribution in [1.82, 2.24) is 5.32 Å². The number of hydrogen-bond donors (Lipinski definition) is 1. The van der Waals surface area contributed by atoms with Crippen LogP contribution in [0.4, 0.5) is 0 Å². The third kappa shape index (κ3) is 6.42. The maximum absolute atomic E-state index is 5.38. The summed E-state index contributed by atoms with van der Waals surface area (Å²) in [6.07, 6.45) is 12.7. The van der Waals surface area contributed by atoms with Gasteiger partial charge in [0.05, 0.1) is 0 Å². The summed E-state index contributed by atoms with van der Waals surface area (Å²) in [6, 6.07) is 0. The van der Waals surface area contributed by atoms with Crippen LogP contribution in [0.15, 0.2) is 0 Å². The van der Waals surface area contributed by atoms with Gasteiger partial charge in [-0.2, -0.15) is 0 Å². The molecule has 2 nitrogen and oxygen atoms in total. The molecule has 0 bridgehead atoms. The molecule has 0 radical (unpaired) electrons. The van der Waals surface area contributed by atoms with Crippen LogP contribution < -0.4 is 5.32 Å². The predicted octanol–water partition coefficient (Wildman–Crippen LogP) is 3.36. The highest BCUT2D eigenvalue weighted by atomic mass is 16.5. The molecule has 0 aromatic heterocycles. The van der Waals surface area contributed by atoms with E-state index < -0.39 is 0 Å². The zero-order valence-corrected chi connectivity index (χ0v) is 11.3. The van der Waals surface area contributed by atoms with Crippen molar-refractivity contribution in [1.29, 1.82) is 0 Å². The zero-order chi connectivity index (χ0) is 11.8. The van der Waals surface area contributed by atoms with Gasteiger partial charge in [0.15, 0.2) is 0 Å². The number of hydrogen-bond acceptors (Lipinski definition) is 2. The number of nitrogens with one attached hydrogen (secondary N) is 1. The van der Waals surface area contributed by atoms with E-state index in [1.807, 2.05) is 0 Å². The van der Waals surface area contributed by atoms with E-state index in [-0.39, 0.29) is 0 Å². The van der Waals surface area contributed by atoms with E-state index in [2.05, 4.69) is 5.32 Å². The molecule has 17 heavy (non-hydrogen) atoms. The first-order valence-corrected chi connectivity index (χ1v) is 7.73. The van der Waals surface area contributed by atoms with Crippen LogP contribution in [0.3, 0.4) is 0 Å². The zero-order valence-electron chi connectivity index (χ0n) is 11.3. The summed E-state index contributed by atoms with van der Waals surface area (Å²) < 4.78 is 5.38. The highest BCUT2D eigenvalue weighted by Crippen LogP contribution is 2.33. The molecule has 1 aliphatic carbocycles. The predicted molar refractivity (Wildman–Crippen MR) is 72.2 cm³/mol. The molecule has 1 N–H and O–H groups in total. The van der Waals surface area contributed by atoms with Crippen LogP contribution in [0.5, 0.6) is 0 Å². The van der Waals surface area contributed by atoms with Crippen LogP contribution in [0.2, 0.25) is 0 Å². The van der Waals surface area contributed by atoms with E-state index in [1.165, 1.54) is 70.9 Å². The van der Waals surface area contributed by atoms with Crippen molar-refractivity contribution in [3.05, 3.63) is 0 Å². The van der Waals surface area contributed by atoms with Crippen molar-refractivity contribution >= 4 is 0 Å². The van der Waals surface area contributed by atoms with E-state index in [0.717, 1.165) is 25.0 Å². The molecule has 1 heterocycles. The van der Waals surface area contributed by atoms with Gasteiger partial charge in [-0.25, -0.2) is 0 Å². The lowest BCUT2D eigenvalue weighted by Crippen LogP contribution is -2.18. The Labute approximate surface area is 107 Å². The Kier molecular flexibility index (Phi) is 6.36. The van der Waals surface area contributed by atoms with Crippen LogP contribution in [-0.2, 0) is 4.74 Å². The lowest BCUT2D eigenvalue weighted by Gasteiger charge is -2.21. The summed E-state index contributed by atoms with van der Waals surface area (Å²) in [7, 11) is 0. The van der Waals surface area contributed by atoms with Crippen molar-refractivity contribution in [3.63, 3.8) is 0 Å². The van der Waals surface area contributed by atoms with E-state index in [1.54, 1.807) is 0 Å². The van der Waals surface area contributed by atoms with Gasteiger partial charge in [-0.1, -0.05) is 25.7 Å². The average molecular weight is 239 g/mol. The fourth-order valence-electron chi connectivity index (χ4n) is 2.77. The molecule has 2 rings (SSSR count). The molecule has 1 aliphatic heterocycles. The molecule has 2 heteroatoms. The first-order valence-electron chi connectivity index (χ1n) is 7.73. The second-order valence-electron chi connectivity index (χ2n) is 5.89. The van der Waals surface area contributed by atoms with Gasteiger partial charge in [0.2, 0.25) is 0 Å². The first kappa shape index (κ1) is 13.4. The molecule has 0 aromatic rings. The number of unbranched alkanes of at least 4 members (excludes halogenated alkanes) is 1. The molecule has 1 saturated carbocycles. The molecule has 2 fully saturated rings. The second kappa shape index (κ2) is 8.10. The summed E-state index contributed by atoms with van der Waals surface area (Å²) >= 11 is 0. The monoisotopic (exact) mass is 239 g/mol. The van der Waals surface area contributed by atoms with Crippen molar-refractivity contribution in [2.75, 3.05) is 26.3 Å². The minimum Gasteiger partial charge on any atom is -0.381 e. The van der Waals surface area contributed by atoms with Gasteiger partial charge >= 0.3 is 0 Å². The minimum atomic E-state index is 0.957. The van der Waals surface area contributed by atoms with Crippen LogP contribution in [0.1, 0.15) is 57.8 Å². The molecular formula is C15H29NO. The van der Waals surface area contributed by atoms with Crippen LogP contribution in [0, 0.1) is 11.8 Å². The summed E-state index contributed by atoms with van der Waals surface area (Å²) in [4.78, 5) is 0. The molecule has 0 amide bonds.